The van der Waals surface area contributed by atoms with E-state index in [1.54, 1.807) is 0 Å². The molecule has 0 saturated heterocycles. The van der Waals surface area contributed by atoms with Crippen molar-refractivity contribution in [3.8, 4) is 0 Å². The van der Waals surface area contributed by atoms with Crippen LogP contribution in [0.25, 0.3) is 0 Å². The van der Waals surface area contributed by atoms with Crippen LogP contribution in [-0.2, 0) is 4.79 Å². The topological polar surface area (TPSA) is 129 Å². The van der Waals surface area contributed by atoms with Gasteiger partial charge in [0.25, 0.3) is 0 Å². The van der Waals surface area contributed by atoms with Crippen LogP contribution in [0.2, 0.25) is 0 Å². The summed E-state index contributed by atoms with van der Waals surface area (Å²) in [6, 6.07) is 0. The molecule has 0 aromatic rings. The Morgan fingerprint density at radius 2 is 1.55 bits per heavy atom. The molecule has 8 nitrogen and oxygen atoms in total. The van der Waals surface area contributed by atoms with E-state index in [9.17, 15) is 25.0 Å². The van der Waals surface area contributed by atoms with Gasteiger partial charge in [-0.15, -0.1) is 0 Å². The Bertz CT molecular complexity index is 159. The average molecular weight is 187 g/mol. The Morgan fingerprint density at radius 1 is 1.27 bits per heavy atom. The van der Waals surface area contributed by atoms with Gasteiger partial charge in [-0.05, 0) is 9.85 Å². The summed E-state index contributed by atoms with van der Waals surface area (Å²) in [6.07, 6.45) is -1.72. The summed E-state index contributed by atoms with van der Waals surface area (Å²) in [7, 11) is 0. The summed E-state index contributed by atoms with van der Waals surface area (Å²) in [5, 5.41) is 19.2. The number of nitrogens with zero attached hydrogens (tertiary/aromatic N) is 2. The summed E-state index contributed by atoms with van der Waals surface area (Å²) in [5.74, 6) is -1.66. The van der Waals surface area contributed by atoms with Crippen LogP contribution in [-0.4, -0.2) is 15.8 Å². The minimum Gasteiger partial charge on any atom is -0.384 e. The van der Waals surface area contributed by atoms with Crippen molar-refractivity contribution in [2.75, 3.05) is 0 Å². The van der Waals surface area contributed by atoms with Gasteiger partial charge < -0.3 is 5.73 Å². The zero-order valence-electron chi connectivity index (χ0n) is 5.51. The van der Waals surface area contributed by atoms with Crippen LogP contribution in [0.5, 0.6) is 0 Å². The molecular formula is C2H2KN3O5. The van der Waals surface area contributed by atoms with E-state index in [4.69, 9.17) is 0 Å². The second-order valence-corrected chi connectivity index (χ2v) is 1.20. The van der Waals surface area contributed by atoms with Gasteiger partial charge in [0.1, 0.15) is 0 Å². The third kappa shape index (κ3) is 4.26. The molecule has 1 amide bonds. The number of nitrogens with two attached hydrogens (primary N) is 1. The van der Waals surface area contributed by atoms with Crippen molar-refractivity contribution in [3.63, 3.8) is 0 Å². The van der Waals surface area contributed by atoms with E-state index in [1.807, 2.05) is 0 Å². The zero-order valence-corrected chi connectivity index (χ0v) is 8.64. The van der Waals surface area contributed by atoms with E-state index in [-0.39, 0.29) is 51.4 Å². The molecule has 0 radical (unpaired) electrons. The van der Waals surface area contributed by atoms with E-state index in [2.05, 4.69) is 5.73 Å². The Hall–Kier alpha value is -0.224. The molecule has 11 heavy (non-hydrogen) atoms. The Kier molecular flexibility index (Phi) is 6.60. The van der Waals surface area contributed by atoms with Gasteiger partial charge in [0.2, 0.25) is 5.91 Å². The summed E-state index contributed by atoms with van der Waals surface area (Å²) in [4.78, 5) is 26.2. The van der Waals surface area contributed by atoms with Crippen LogP contribution in [0.4, 0.5) is 0 Å². The smallest absolute Gasteiger partial charge is 0.384 e. The number of hydrogen-bond acceptors (Lipinski definition) is 5. The molecule has 56 valence electrons. The third-order valence-corrected chi connectivity index (χ3v) is 0.566. The van der Waals surface area contributed by atoms with Crippen LogP contribution in [0, 0.1) is 26.4 Å². The zero-order chi connectivity index (χ0) is 8.31. The molecule has 0 saturated carbocycles. The molecule has 0 aromatic carbocycles. The van der Waals surface area contributed by atoms with Crippen LogP contribution in [0.15, 0.2) is 0 Å². The van der Waals surface area contributed by atoms with Crippen LogP contribution >= 0.6 is 0 Å². The van der Waals surface area contributed by atoms with Gasteiger partial charge in [0, 0.05) is 0 Å². The molecule has 0 aliphatic heterocycles. The number of hydrogen-bond donors (Lipinski definition) is 1. The normalized spacial score (nSPS) is 7.64. The van der Waals surface area contributed by atoms with E-state index in [1.165, 1.54) is 0 Å². The van der Waals surface area contributed by atoms with Crippen molar-refractivity contribution in [2.45, 2.75) is 0 Å². The van der Waals surface area contributed by atoms with Crippen LogP contribution in [0.3, 0.4) is 0 Å². The maximum Gasteiger partial charge on any atom is 1.00 e. The summed E-state index contributed by atoms with van der Waals surface area (Å²) < 4.78 is 0. The largest absolute Gasteiger partial charge is 1.00 e. The molecule has 0 aliphatic rings. The fraction of sp³-hybridized carbons (Fsp3) is 0. The van der Waals surface area contributed by atoms with Crippen molar-refractivity contribution < 1.29 is 66.0 Å². The van der Waals surface area contributed by atoms with Crippen molar-refractivity contribution in [1.82, 2.24) is 0 Å². The van der Waals surface area contributed by atoms with Crippen molar-refractivity contribution in [1.29, 1.82) is 0 Å². The molecule has 0 aromatic heterocycles. The molecular weight excluding hydrogens is 185 g/mol. The molecule has 0 rings (SSSR count). The maximum atomic E-state index is 9.88. The fourth-order valence-corrected chi connectivity index (χ4v) is 0.247. The number of rotatable bonds is 3. The van der Waals surface area contributed by atoms with Gasteiger partial charge in [-0.3, -0.25) is 25.0 Å². The van der Waals surface area contributed by atoms with Gasteiger partial charge in [0.05, 0.1) is 0 Å². The second-order valence-electron chi connectivity index (χ2n) is 1.20. The van der Waals surface area contributed by atoms with Crippen LogP contribution < -0.4 is 57.1 Å². The molecule has 0 fully saturated rings. The molecule has 2 N–H and O–H groups in total. The molecule has 0 aliphatic carbocycles. The summed E-state index contributed by atoms with van der Waals surface area (Å²) >= 11 is 0. The van der Waals surface area contributed by atoms with E-state index in [0.29, 0.717) is 0 Å². The van der Waals surface area contributed by atoms with Crippen molar-refractivity contribution >= 4 is 5.91 Å². The predicted octanol–water partition coefficient (Wildman–Crippen LogP) is -4.48. The first-order valence-electron chi connectivity index (χ1n) is 1.92. The summed E-state index contributed by atoms with van der Waals surface area (Å²) in [5.41, 5.74) is 4.28. The Labute approximate surface area is 103 Å². The number of carbonyl (C=O) groups is 1. The third-order valence-electron chi connectivity index (χ3n) is 0.566. The number of primary amides is 1. The Morgan fingerprint density at radius 3 is 1.55 bits per heavy atom. The molecule has 0 spiro atoms. The summed E-state index contributed by atoms with van der Waals surface area (Å²) in [6.45, 7) is 0. The average Bonchev–Trinajstić information content (AvgIpc) is 1.59. The quantitative estimate of drug-likeness (QED) is 0.206. The number of amides is 1. The second kappa shape index (κ2) is 5.43. The van der Waals surface area contributed by atoms with Gasteiger partial charge in [-0.1, -0.05) is 0 Å². The first kappa shape index (κ1) is 13.4. The van der Waals surface area contributed by atoms with E-state index in [0.717, 1.165) is 0 Å². The van der Waals surface area contributed by atoms with Crippen molar-refractivity contribution in [3.05, 3.63) is 26.4 Å². The first-order chi connectivity index (χ1) is 4.46. The molecule has 0 heterocycles. The maximum absolute atomic E-state index is 9.88. The molecule has 0 bridgehead atoms. The minimum atomic E-state index is -1.72. The molecule has 0 atom stereocenters. The number of carbonyl (C=O) groups excluding carboxylic acids is 1. The van der Waals surface area contributed by atoms with Crippen molar-refractivity contribution in [2.24, 2.45) is 5.73 Å². The molecule has 9 heteroatoms. The molecule has 0 unspecified atom stereocenters. The SMILES string of the molecule is NC(=O)[C-]([N+](=O)[O-])[N+](=O)[O-].[K+]. The van der Waals surface area contributed by atoms with Gasteiger partial charge >= 0.3 is 57.6 Å². The van der Waals surface area contributed by atoms with Gasteiger partial charge in [0.15, 0.2) is 0 Å². The van der Waals surface area contributed by atoms with Gasteiger partial charge in [-0.25, -0.2) is 0 Å². The monoisotopic (exact) mass is 187 g/mol. The van der Waals surface area contributed by atoms with E-state index >= 15 is 0 Å². The van der Waals surface area contributed by atoms with Gasteiger partial charge in [-0.2, -0.15) is 0 Å². The predicted molar refractivity (Wildman–Crippen MR) is 26.4 cm³/mol. The first-order valence-corrected chi connectivity index (χ1v) is 1.92. The fourth-order valence-electron chi connectivity index (χ4n) is 0.247. The van der Waals surface area contributed by atoms with E-state index < -0.39 is 21.9 Å². The minimum absolute atomic E-state index is 0. The number of nitro groups is 2. The van der Waals surface area contributed by atoms with Crippen LogP contribution in [0.1, 0.15) is 0 Å². The Balaban J connectivity index is 0. The standard InChI is InChI=1S/C2H2N3O5.K/c3-1(6)2(4(7)8)5(9)10;/h(H2,3,6);/q-1;+1.